The van der Waals surface area contributed by atoms with E-state index in [0.717, 1.165) is 12.1 Å². The van der Waals surface area contributed by atoms with Gasteiger partial charge in [-0.3, -0.25) is 9.59 Å². The fourth-order valence-electron chi connectivity index (χ4n) is 4.93. The van der Waals surface area contributed by atoms with Gasteiger partial charge >= 0.3 is 0 Å². The number of nitrogens with zero attached hydrogens (tertiary/aromatic N) is 2. The standard InChI is InChI=1S/C23H32N2O3/c1-16(27)25-20(23(21(25)15-26)19-8-3-2-4-9-19)14-24(13-18-6-5-7-18)22(28)12-17-10-11-17/h2-4,8-9,17-18,20-21,23,26H,5-7,10-15H2,1H3/t20-,21+,23-/m0/s1. The second kappa shape index (κ2) is 8.24. The van der Waals surface area contributed by atoms with E-state index in [2.05, 4.69) is 12.1 Å². The first-order valence-corrected chi connectivity index (χ1v) is 10.8. The van der Waals surface area contributed by atoms with E-state index in [1.807, 2.05) is 23.1 Å². The molecule has 5 nitrogen and oxygen atoms in total. The summed E-state index contributed by atoms with van der Waals surface area (Å²) in [5.74, 6) is 1.48. The zero-order chi connectivity index (χ0) is 19.7. The van der Waals surface area contributed by atoms with Crippen LogP contribution in [0.3, 0.4) is 0 Å². The molecular weight excluding hydrogens is 352 g/mol. The van der Waals surface area contributed by atoms with Crippen LogP contribution in [0.15, 0.2) is 30.3 Å². The van der Waals surface area contributed by atoms with E-state index >= 15 is 0 Å². The minimum absolute atomic E-state index is 0.0190. The predicted molar refractivity (Wildman–Crippen MR) is 108 cm³/mol. The molecule has 3 fully saturated rings. The lowest BCUT2D eigenvalue weighted by Gasteiger charge is -2.56. The summed E-state index contributed by atoms with van der Waals surface area (Å²) in [7, 11) is 0. The minimum atomic E-state index is -0.200. The van der Waals surface area contributed by atoms with Gasteiger partial charge in [-0.2, -0.15) is 0 Å². The molecule has 0 aromatic heterocycles. The molecule has 3 atom stereocenters. The van der Waals surface area contributed by atoms with Crippen molar-refractivity contribution in [2.24, 2.45) is 11.8 Å². The van der Waals surface area contributed by atoms with Crippen molar-refractivity contribution in [2.45, 2.75) is 63.5 Å². The van der Waals surface area contributed by atoms with Crippen LogP contribution in [0, 0.1) is 11.8 Å². The van der Waals surface area contributed by atoms with Gasteiger partial charge in [0.05, 0.1) is 18.7 Å². The van der Waals surface area contributed by atoms with E-state index in [0.29, 0.717) is 24.8 Å². The highest BCUT2D eigenvalue weighted by Gasteiger charge is 2.51. The molecule has 2 saturated carbocycles. The number of hydrogen-bond donors (Lipinski definition) is 1. The third-order valence-electron chi connectivity index (χ3n) is 6.90. The van der Waals surface area contributed by atoms with Crippen molar-refractivity contribution in [3.63, 3.8) is 0 Å². The summed E-state index contributed by atoms with van der Waals surface area (Å²) in [6.45, 7) is 2.92. The third kappa shape index (κ3) is 3.95. The van der Waals surface area contributed by atoms with Gasteiger partial charge in [0, 0.05) is 32.4 Å². The number of rotatable bonds is 8. The average Bonchev–Trinajstić information content (AvgIpc) is 3.43. The van der Waals surface area contributed by atoms with Crippen molar-refractivity contribution in [1.82, 2.24) is 9.80 Å². The smallest absolute Gasteiger partial charge is 0.222 e. The van der Waals surface area contributed by atoms with Gasteiger partial charge in [0.1, 0.15) is 0 Å². The number of benzene rings is 1. The molecule has 5 heteroatoms. The van der Waals surface area contributed by atoms with E-state index in [1.54, 1.807) is 11.8 Å². The van der Waals surface area contributed by atoms with Gasteiger partial charge in [-0.1, -0.05) is 36.8 Å². The summed E-state index contributed by atoms with van der Waals surface area (Å²) in [5.41, 5.74) is 1.14. The van der Waals surface area contributed by atoms with Crippen molar-refractivity contribution >= 4 is 11.8 Å². The Morgan fingerprint density at radius 2 is 1.75 bits per heavy atom. The van der Waals surface area contributed by atoms with Crippen LogP contribution in [-0.4, -0.2) is 58.5 Å². The van der Waals surface area contributed by atoms with Crippen LogP contribution < -0.4 is 0 Å². The summed E-state index contributed by atoms with van der Waals surface area (Å²) in [6.07, 6.45) is 6.66. The third-order valence-corrected chi connectivity index (χ3v) is 6.90. The monoisotopic (exact) mass is 384 g/mol. The molecule has 4 rings (SSSR count). The Labute approximate surface area is 167 Å². The van der Waals surface area contributed by atoms with Crippen LogP contribution in [-0.2, 0) is 9.59 Å². The van der Waals surface area contributed by atoms with E-state index < -0.39 is 0 Å². The molecular formula is C23H32N2O3. The molecule has 3 aliphatic rings. The largest absolute Gasteiger partial charge is 0.394 e. The summed E-state index contributed by atoms with van der Waals surface area (Å²) < 4.78 is 0. The number of aliphatic hydroxyl groups is 1. The summed E-state index contributed by atoms with van der Waals surface area (Å²) in [5, 5.41) is 9.94. The van der Waals surface area contributed by atoms with Gasteiger partial charge in [0.25, 0.3) is 0 Å². The van der Waals surface area contributed by atoms with Crippen LogP contribution in [0.5, 0.6) is 0 Å². The molecule has 0 bridgehead atoms. The number of carbonyl (C=O) groups excluding carboxylic acids is 2. The Hall–Kier alpha value is -1.88. The molecule has 1 saturated heterocycles. The first-order valence-electron chi connectivity index (χ1n) is 10.8. The molecule has 0 unspecified atom stereocenters. The van der Waals surface area contributed by atoms with Crippen LogP contribution in [0.25, 0.3) is 0 Å². The number of likely N-dealkylation sites (tertiary alicyclic amines) is 1. The lowest BCUT2D eigenvalue weighted by molar-refractivity contribution is -0.153. The Morgan fingerprint density at radius 1 is 1.04 bits per heavy atom. The van der Waals surface area contributed by atoms with Crippen molar-refractivity contribution in [3.8, 4) is 0 Å². The SMILES string of the molecule is CC(=O)N1[C@H](CO)[C@@H](c2ccccc2)[C@@H]1CN(CC1CCC1)C(=O)CC1CC1. The predicted octanol–water partition coefficient (Wildman–Crippen LogP) is 2.79. The highest BCUT2D eigenvalue weighted by molar-refractivity contribution is 5.78. The summed E-state index contributed by atoms with van der Waals surface area (Å²) in [6, 6.07) is 9.87. The molecule has 1 aromatic rings. The molecule has 152 valence electrons. The molecule has 2 aliphatic carbocycles. The van der Waals surface area contributed by atoms with Gasteiger partial charge in [0.2, 0.25) is 11.8 Å². The van der Waals surface area contributed by atoms with Crippen LogP contribution in [0.4, 0.5) is 0 Å². The van der Waals surface area contributed by atoms with E-state index in [9.17, 15) is 14.7 Å². The molecule has 0 radical (unpaired) electrons. The van der Waals surface area contributed by atoms with Crippen LogP contribution >= 0.6 is 0 Å². The van der Waals surface area contributed by atoms with E-state index in [-0.39, 0.29) is 36.4 Å². The maximum Gasteiger partial charge on any atom is 0.222 e. The average molecular weight is 385 g/mol. The maximum absolute atomic E-state index is 13.0. The summed E-state index contributed by atoms with van der Waals surface area (Å²) >= 11 is 0. The highest BCUT2D eigenvalue weighted by atomic mass is 16.3. The highest BCUT2D eigenvalue weighted by Crippen LogP contribution is 2.42. The number of amides is 2. The molecule has 1 aromatic carbocycles. The van der Waals surface area contributed by atoms with Crippen LogP contribution in [0.1, 0.15) is 56.9 Å². The van der Waals surface area contributed by atoms with Crippen LogP contribution in [0.2, 0.25) is 0 Å². The van der Waals surface area contributed by atoms with Gasteiger partial charge in [0.15, 0.2) is 0 Å². The molecule has 1 N–H and O–H groups in total. The number of hydrogen-bond acceptors (Lipinski definition) is 3. The van der Waals surface area contributed by atoms with Gasteiger partial charge < -0.3 is 14.9 Å². The quantitative estimate of drug-likeness (QED) is 0.750. The minimum Gasteiger partial charge on any atom is -0.394 e. The zero-order valence-electron chi connectivity index (χ0n) is 16.8. The first kappa shape index (κ1) is 19.4. The maximum atomic E-state index is 13.0. The fourth-order valence-corrected chi connectivity index (χ4v) is 4.93. The zero-order valence-corrected chi connectivity index (χ0v) is 16.8. The Morgan fingerprint density at radius 3 is 2.29 bits per heavy atom. The Balaban J connectivity index is 1.54. The van der Waals surface area contributed by atoms with E-state index in [1.165, 1.54) is 32.1 Å². The lowest BCUT2D eigenvalue weighted by atomic mass is 9.74. The topological polar surface area (TPSA) is 60.9 Å². The van der Waals surface area contributed by atoms with Crippen molar-refractivity contribution in [3.05, 3.63) is 35.9 Å². The lowest BCUT2D eigenvalue weighted by Crippen LogP contribution is -2.68. The molecule has 2 amide bonds. The normalized spacial score (nSPS) is 27.1. The van der Waals surface area contributed by atoms with Crippen molar-refractivity contribution in [1.29, 1.82) is 0 Å². The second-order valence-corrected chi connectivity index (χ2v) is 8.92. The van der Waals surface area contributed by atoms with E-state index in [4.69, 9.17) is 0 Å². The Kier molecular flexibility index (Phi) is 5.72. The molecule has 28 heavy (non-hydrogen) atoms. The first-order chi connectivity index (χ1) is 13.6. The number of carbonyl (C=O) groups is 2. The van der Waals surface area contributed by atoms with Gasteiger partial charge in [-0.25, -0.2) is 0 Å². The van der Waals surface area contributed by atoms with Gasteiger partial charge in [-0.05, 0) is 43.1 Å². The Bertz CT molecular complexity index is 699. The molecule has 0 spiro atoms. The number of aliphatic hydroxyl groups excluding tert-OH is 1. The van der Waals surface area contributed by atoms with Crippen molar-refractivity contribution < 1.29 is 14.7 Å². The van der Waals surface area contributed by atoms with Crippen molar-refractivity contribution in [2.75, 3.05) is 19.7 Å². The van der Waals surface area contributed by atoms with Gasteiger partial charge in [-0.15, -0.1) is 0 Å². The molecule has 1 heterocycles. The summed E-state index contributed by atoms with van der Waals surface area (Å²) in [4.78, 5) is 29.1. The molecule has 1 aliphatic heterocycles. The second-order valence-electron chi connectivity index (χ2n) is 8.92. The fraction of sp³-hybridized carbons (Fsp3) is 0.652.